The van der Waals surface area contributed by atoms with Crippen LogP contribution in [0.2, 0.25) is 0 Å². The Morgan fingerprint density at radius 3 is 2.39 bits per heavy atom. The third-order valence-electron chi connectivity index (χ3n) is 6.56. The van der Waals surface area contributed by atoms with Gasteiger partial charge in [-0.3, -0.25) is 0 Å². The van der Waals surface area contributed by atoms with Crippen LogP contribution in [0.5, 0.6) is 0 Å². The molecule has 0 saturated carbocycles. The van der Waals surface area contributed by atoms with Gasteiger partial charge in [-0.2, -0.15) is 4.98 Å². The Morgan fingerprint density at radius 1 is 1.00 bits per heavy atom. The van der Waals surface area contributed by atoms with Gasteiger partial charge in [0.25, 0.3) is 0 Å². The van der Waals surface area contributed by atoms with E-state index in [4.69, 9.17) is 4.98 Å². The molecule has 2 saturated heterocycles. The molecule has 0 aliphatic carbocycles. The van der Waals surface area contributed by atoms with Gasteiger partial charge in [-0.15, -0.1) is 0 Å². The molecule has 3 aromatic rings. The number of fused-ring (bicyclic) bond motifs is 1. The lowest BCUT2D eigenvalue weighted by Gasteiger charge is -2.40. The molecule has 1 N–H and O–H groups in total. The molecule has 2 aliphatic rings. The first-order valence-electron chi connectivity index (χ1n) is 11.9. The highest BCUT2D eigenvalue weighted by Crippen LogP contribution is 2.35. The Kier molecular flexibility index (Phi) is 6.39. The molecule has 192 valence electrons. The van der Waals surface area contributed by atoms with Crippen molar-refractivity contribution in [2.24, 2.45) is 5.92 Å². The summed E-state index contributed by atoms with van der Waals surface area (Å²) in [5.74, 6) is 2.58. The van der Waals surface area contributed by atoms with E-state index in [1.54, 1.807) is 18.5 Å². The normalized spacial score (nSPS) is 20.8. The van der Waals surface area contributed by atoms with Gasteiger partial charge in [0.15, 0.2) is 12.3 Å². The second-order valence-corrected chi connectivity index (χ2v) is 12.2. The lowest BCUT2D eigenvalue weighted by molar-refractivity contribution is 0.217. The maximum Gasteiger partial charge on any atom is 0.227 e. The first-order valence-corrected chi connectivity index (χ1v) is 14.0. The van der Waals surface area contributed by atoms with Crippen molar-refractivity contribution in [1.82, 2.24) is 19.9 Å². The second-order valence-electron chi connectivity index (χ2n) is 9.97. The fourth-order valence-corrected chi connectivity index (χ4v) is 5.86. The van der Waals surface area contributed by atoms with Gasteiger partial charge in [-0.25, -0.2) is 32.2 Å². The predicted octanol–water partition coefficient (Wildman–Crippen LogP) is 3.26. The molecule has 0 amide bonds. The number of hydrogen-bond acceptors (Lipinski definition) is 9. The van der Waals surface area contributed by atoms with Gasteiger partial charge >= 0.3 is 0 Å². The van der Waals surface area contributed by atoms with Crippen LogP contribution in [0.3, 0.4) is 0 Å². The van der Waals surface area contributed by atoms with E-state index in [2.05, 4.69) is 39.0 Å². The molecule has 2 atom stereocenters. The summed E-state index contributed by atoms with van der Waals surface area (Å²) in [6, 6.07) is 3.62. The fraction of sp³-hybridized carbons (Fsp3) is 0.500. The third kappa shape index (κ3) is 5.04. The second kappa shape index (κ2) is 9.38. The smallest absolute Gasteiger partial charge is 0.227 e. The maximum atomic E-state index is 13.6. The van der Waals surface area contributed by atoms with E-state index in [9.17, 15) is 17.2 Å². The van der Waals surface area contributed by atoms with E-state index in [-0.39, 0.29) is 36.6 Å². The van der Waals surface area contributed by atoms with Gasteiger partial charge in [0.05, 0.1) is 18.8 Å². The summed E-state index contributed by atoms with van der Waals surface area (Å²) >= 11 is 0. The van der Waals surface area contributed by atoms with E-state index in [0.717, 1.165) is 22.2 Å². The fourth-order valence-electron chi connectivity index (χ4n) is 4.79. The van der Waals surface area contributed by atoms with Crippen LogP contribution in [0.25, 0.3) is 10.8 Å². The van der Waals surface area contributed by atoms with Crippen molar-refractivity contribution >= 4 is 44.0 Å². The van der Waals surface area contributed by atoms with Crippen LogP contribution in [0.15, 0.2) is 30.7 Å². The number of sulfone groups is 1. The minimum Gasteiger partial charge on any atom is -0.355 e. The number of hydrogen-bond donors (Lipinski definition) is 1. The molecule has 0 radical (unpaired) electrons. The molecule has 12 heteroatoms. The summed E-state index contributed by atoms with van der Waals surface area (Å²) in [6.07, 6.45) is 3.35. The van der Waals surface area contributed by atoms with Crippen LogP contribution in [-0.2, 0) is 9.84 Å². The lowest BCUT2D eigenvalue weighted by Crippen LogP contribution is -2.50. The van der Waals surface area contributed by atoms with Crippen LogP contribution in [-0.4, -0.2) is 78.9 Å². The highest BCUT2D eigenvalue weighted by molar-refractivity contribution is 7.90. The highest BCUT2D eigenvalue weighted by atomic mass is 32.2. The van der Waals surface area contributed by atoms with Crippen molar-refractivity contribution < 1.29 is 17.2 Å². The van der Waals surface area contributed by atoms with Crippen LogP contribution in [0.1, 0.15) is 25.3 Å². The van der Waals surface area contributed by atoms with E-state index >= 15 is 0 Å². The molecule has 2 aliphatic heterocycles. The van der Waals surface area contributed by atoms with Crippen LogP contribution >= 0.6 is 0 Å². The topological polar surface area (TPSA) is 104 Å². The van der Waals surface area contributed by atoms with Crippen LogP contribution < -0.4 is 15.1 Å². The number of alkyl halides is 2. The Balaban J connectivity index is 1.40. The van der Waals surface area contributed by atoms with E-state index in [0.29, 0.717) is 24.7 Å². The van der Waals surface area contributed by atoms with Crippen molar-refractivity contribution in [2.45, 2.75) is 32.1 Å². The first kappa shape index (κ1) is 24.5. The molecule has 3 aromatic heterocycles. The average molecular weight is 518 g/mol. The molecule has 36 heavy (non-hydrogen) atoms. The summed E-state index contributed by atoms with van der Waals surface area (Å²) in [4.78, 5) is 21.4. The van der Waals surface area contributed by atoms with E-state index in [1.165, 1.54) is 11.2 Å². The van der Waals surface area contributed by atoms with Crippen molar-refractivity contribution in [3.05, 3.63) is 36.3 Å². The van der Waals surface area contributed by atoms with Gasteiger partial charge in [-0.05, 0) is 29.0 Å². The standard InChI is InChI=1S/C24H29F2N7O2S/c1-14(2)17-7-29-23(32-9-15(10-32)13-36(3,34)35)18-8-28-22(6-16(17)18)30-21-4-5-27-24(31-21)33-11-19(25)20(26)12-33/h4-8,14-15,19-20H,9-13H2,1-3H3,(H,27,28,30,31)/t19-,20+. The Labute approximate surface area is 208 Å². The minimum atomic E-state index is -3.02. The van der Waals surface area contributed by atoms with Gasteiger partial charge in [0.2, 0.25) is 5.95 Å². The molecule has 0 bridgehead atoms. The zero-order valence-corrected chi connectivity index (χ0v) is 21.2. The molecule has 9 nitrogen and oxygen atoms in total. The molecule has 0 unspecified atom stereocenters. The predicted molar refractivity (Wildman–Crippen MR) is 136 cm³/mol. The zero-order chi connectivity index (χ0) is 25.6. The van der Waals surface area contributed by atoms with Gasteiger partial charge < -0.3 is 15.1 Å². The Bertz CT molecular complexity index is 1370. The van der Waals surface area contributed by atoms with Crippen LogP contribution in [0, 0.1) is 5.92 Å². The number of anilines is 4. The van der Waals surface area contributed by atoms with Crippen molar-refractivity contribution in [3.8, 4) is 0 Å². The van der Waals surface area contributed by atoms with Crippen molar-refractivity contribution in [2.75, 3.05) is 53.3 Å². The molecule has 0 aromatic carbocycles. The highest BCUT2D eigenvalue weighted by Gasteiger charge is 2.34. The molecular weight excluding hydrogens is 488 g/mol. The maximum absolute atomic E-state index is 13.6. The van der Waals surface area contributed by atoms with Crippen molar-refractivity contribution in [1.29, 1.82) is 0 Å². The van der Waals surface area contributed by atoms with Crippen LogP contribution in [0.4, 0.5) is 32.2 Å². The molecule has 2 fully saturated rings. The summed E-state index contributed by atoms with van der Waals surface area (Å²) in [6.45, 7) is 5.31. The van der Waals surface area contributed by atoms with E-state index < -0.39 is 22.2 Å². The monoisotopic (exact) mass is 517 g/mol. The number of halogens is 2. The number of nitrogens with zero attached hydrogens (tertiary/aromatic N) is 6. The first-order chi connectivity index (χ1) is 17.1. The van der Waals surface area contributed by atoms with Gasteiger partial charge in [0, 0.05) is 49.2 Å². The summed E-state index contributed by atoms with van der Waals surface area (Å²) in [5, 5.41) is 5.07. The Morgan fingerprint density at radius 2 is 1.72 bits per heavy atom. The molecule has 0 spiro atoms. The molecule has 5 heterocycles. The average Bonchev–Trinajstić information content (AvgIpc) is 3.13. The van der Waals surface area contributed by atoms with Crippen molar-refractivity contribution in [3.63, 3.8) is 0 Å². The number of rotatable bonds is 7. The number of aromatic nitrogens is 4. The lowest BCUT2D eigenvalue weighted by atomic mass is 9.97. The number of nitrogens with one attached hydrogen (secondary N) is 1. The van der Waals surface area contributed by atoms with Gasteiger partial charge in [-0.1, -0.05) is 13.8 Å². The van der Waals surface area contributed by atoms with E-state index in [1.807, 2.05) is 12.3 Å². The molecular formula is C24H29F2N7O2S. The number of pyridine rings is 2. The minimum absolute atomic E-state index is 0.0755. The Hall–Kier alpha value is -3.15. The SMILES string of the molecule is CC(C)c1cnc(N2CC(CS(C)(=O)=O)C2)c2cnc(Nc3ccnc(N4C[C@@H](F)[C@@H](F)C4)n3)cc12. The summed E-state index contributed by atoms with van der Waals surface area (Å²) < 4.78 is 50.5. The van der Waals surface area contributed by atoms with Gasteiger partial charge in [0.1, 0.15) is 27.3 Å². The molecule has 5 rings (SSSR count). The zero-order valence-electron chi connectivity index (χ0n) is 20.4. The third-order valence-corrected chi connectivity index (χ3v) is 7.64. The summed E-state index contributed by atoms with van der Waals surface area (Å²) in [5.41, 5.74) is 1.07. The summed E-state index contributed by atoms with van der Waals surface area (Å²) in [7, 11) is -3.02. The quantitative estimate of drug-likeness (QED) is 0.506. The largest absolute Gasteiger partial charge is 0.355 e.